The number of hydrogen-bond donors (Lipinski definition) is 1. The van der Waals surface area contributed by atoms with E-state index in [1.54, 1.807) is 0 Å². The van der Waals surface area contributed by atoms with Gasteiger partial charge in [-0.3, -0.25) is 4.68 Å². The summed E-state index contributed by atoms with van der Waals surface area (Å²) in [4.78, 5) is 0. The van der Waals surface area contributed by atoms with Crippen LogP contribution in [0.4, 0.5) is 0 Å². The SMILES string of the molecule is CCn1cc(CNC2CC2)c(C)n1. The maximum absolute atomic E-state index is 4.40. The number of nitrogens with one attached hydrogen (secondary N) is 1. The van der Waals surface area contributed by atoms with E-state index in [1.807, 2.05) is 4.68 Å². The Balaban J connectivity index is 1.96. The molecule has 3 heteroatoms. The zero-order valence-corrected chi connectivity index (χ0v) is 8.38. The van der Waals surface area contributed by atoms with E-state index in [1.165, 1.54) is 18.4 Å². The first-order chi connectivity index (χ1) is 6.29. The van der Waals surface area contributed by atoms with Crippen LogP contribution in [0.15, 0.2) is 6.20 Å². The van der Waals surface area contributed by atoms with Crippen LogP contribution in [-0.2, 0) is 13.1 Å². The highest BCUT2D eigenvalue weighted by Gasteiger charge is 2.20. The van der Waals surface area contributed by atoms with Crippen LogP contribution in [0.5, 0.6) is 0 Å². The van der Waals surface area contributed by atoms with Gasteiger partial charge in [-0.05, 0) is 26.7 Å². The van der Waals surface area contributed by atoms with E-state index in [4.69, 9.17) is 0 Å². The van der Waals surface area contributed by atoms with E-state index in [-0.39, 0.29) is 0 Å². The lowest BCUT2D eigenvalue weighted by Crippen LogP contribution is -2.15. The average molecular weight is 179 g/mol. The molecule has 0 bridgehead atoms. The van der Waals surface area contributed by atoms with Crippen molar-refractivity contribution in [3.63, 3.8) is 0 Å². The van der Waals surface area contributed by atoms with Crippen LogP contribution in [0.25, 0.3) is 0 Å². The monoisotopic (exact) mass is 179 g/mol. The lowest BCUT2D eigenvalue weighted by atomic mass is 10.2. The number of aromatic nitrogens is 2. The molecule has 0 spiro atoms. The van der Waals surface area contributed by atoms with Crippen LogP contribution in [0, 0.1) is 6.92 Å². The summed E-state index contributed by atoms with van der Waals surface area (Å²) in [5.41, 5.74) is 2.50. The second-order valence-electron chi connectivity index (χ2n) is 3.75. The van der Waals surface area contributed by atoms with Gasteiger partial charge in [0.25, 0.3) is 0 Å². The van der Waals surface area contributed by atoms with Crippen LogP contribution in [0.3, 0.4) is 0 Å². The third kappa shape index (κ3) is 2.10. The molecule has 1 N–H and O–H groups in total. The molecule has 2 rings (SSSR count). The van der Waals surface area contributed by atoms with Gasteiger partial charge in [0.05, 0.1) is 5.69 Å². The average Bonchev–Trinajstić information content (AvgIpc) is 2.88. The van der Waals surface area contributed by atoms with Gasteiger partial charge in [0.2, 0.25) is 0 Å². The third-order valence-electron chi connectivity index (χ3n) is 2.53. The molecule has 0 unspecified atom stereocenters. The Morgan fingerprint density at radius 3 is 2.92 bits per heavy atom. The van der Waals surface area contributed by atoms with Crippen LogP contribution < -0.4 is 5.32 Å². The van der Waals surface area contributed by atoms with Crippen molar-refractivity contribution in [2.45, 2.75) is 45.8 Å². The molecule has 1 saturated carbocycles. The highest BCUT2D eigenvalue weighted by Crippen LogP contribution is 2.19. The molecule has 0 aromatic carbocycles. The second kappa shape index (κ2) is 3.50. The molecular weight excluding hydrogens is 162 g/mol. The molecule has 3 nitrogen and oxygen atoms in total. The summed E-state index contributed by atoms with van der Waals surface area (Å²) in [6.45, 7) is 6.14. The smallest absolute Gasteiger partial charge is 0.0638 e. The molecule has 1 aromatic rings. The van der Waals surface area contributed by atoms with Gasteiger partial charge >= 0.3 is 0 Å². The third-order valence-corrected chi connectivity index (χ3v) is 2.53. The Morgan fingerprint density at radius 2 is 2.38 bits per heavy atom. The zero-order valence-electron chi connectivity index (χ0n) is 8.38. The first-order valence-corrected chi connectivity index (χ1v) is 5.06. The van der Waals surface area contributed by atoms with Gasteiger partial charge in [-0.25, -0.2) is 0 Å². The first kappa shape index (κ1) is 8.75. The van der Waals surface area contributed by atoms with Gasteiger partial charge in [-0.1, -0.05) is 0 Å². The molecule has 1 aromatic heterocycles. The number of nitrogens with zero attached hydrogens (tertiary/aromatic N) is 2. The Labute approximate surface area is 79.1 Å². The summed E-state index contributed by atoms with van der Waals surface area (Å²) in [5, 5.41) is 7.90. The Bertz CT molecular complexity index is 286. The van der Waals surface area contributed by atoms with Gasteiger partial charge in [-0.15, -0.1) is 0 Å². The summed E-state index contributed by atoms with van der Waals surface area (Å²) >= 11 is 0. The highest BCUT2D eigenvalue weighted by molar-refractivity contribution is 5.15. The largest absolute Gasteiger partial charge is 0.310 e. The molecule has 1 fully saturated rings. The molecule has 1 heterocycles. The number of hydrogen-bond acceptors (Lipinski definition) is 2. The number of aryl methyl sites for hydroxylation is 2. The molecule has 13 heavy (non-hydrogen) atoms. The minimum absolute atomic E-state index is 0.782. The lowest BCUT2D eigenvalue weighted by molar-refractivity contribution is 0.651. The normalized spacial score (nSPS) is 16.5. The number of rotatable bonds is 4. The highest BCUT2D eigenvalue weighted by atomic mass is 15.3. The minimum Gasteiger partial charge on any atom is -0.310 e. The van der Waals surface area contributed by atoms with E-state index in [9.17, 15) is 0 Å². The Hall–Kier alpha value is -0.830. The van der Waals surface area contributed by atoms with Crippen LogP contribution in [0.1, 0.15) is 31.0 Å². The standard InChI is InChI=1S/C10H17N3/c1-3-13-7-9(8(2)12-13)6-11-10-4-5-10/h7,10-11H,3-6H2,1-2H3. The van der Waals surface area contributed by atoms with Crippen molar-refractivity contribution < 1.29 is 0 Å². The summed E-state index contributed by atoms with van der Waals surface area (Å²) in [6, 6.07) is 0.782. The summed E-state index contributed by atoms with van der Waals surface area (Å²) < 4.78 is 2.00. The van der Waals surface area contributed by atoms with Crippen molar-refractivity contribution in [3.05, 3.63) is 17.5 Å². The lowest BCUT2D eigenvalue weighted by Gasteiger charge is -1.99. The molecular formula is C10H17N3. The van der Waals surface area contributed by atoms with Crippen molar-refractivity contribution in [1.82, 2.24) is 15.1 Å². The molecule has 0 amide bonds. The van der Waals surface area contributed by atoms with E-state index < -0.39 is 0 Å². The van der Waals surface area contributed by atoms with Crippen molar-refractivity contribution in [3.8, 4) is 0 Å². The Morgan fingerprint density at radius 1 is 1.62 bits per heavy atom. The maximum atomic E-state index is 4.40. The van der Waals surface area contributed by atoms with E-state index in [0.29, 0.717) is 0 Å². The molecule has 0 saturated heterocycles. The molecule has 0 radical (unpaired) electrons. The maximum Gasteiger partial charge on any atom is 0.0638 e. The van der Waals surface area contributed by atoms with E-state index >= 15 is 0 Å². The molecule has 1 aliphatic carbocycles. The molecule has 72 valence electrons. The first-order valence-electron chi connectivity index (χ1n) is 5.06. The Kier molecular flexibility index (Phi) is 2.36. The summed E-state index contributed by atoms with van der Waals surface area (Å²) in [5.74, 6) is 0. The van der Waals surface area contributed by atoms with E-state index in [2.05, 4.69) is 30.5 Å². The summed E-state index contributed by atoms with van der Waals surface area (Å²) in [7, 11) is 0. The topological polar surface area (TPSA) is 29.9 Å². The molecule has 1 aliphatic rings. The van der Waals surface area contributed by atoms with Crippen LogP contribution in [0.2, 0.25) is 0 Å². The van der Waals surface area contributed by atoms with Crippen molar-refractivity contribution >= 4 is 0 Å². The fourth-order valence-corrected chi connectivity index (χ4v) is 1.44. The van der Waals surface area contributed by atoms with Gasteiger partial charge in [0.1, 0.15) is 0 Å². The summed E-state index contributed by atoms with van der Waals surface area (Å²) in [6.07, 6.45) is 4.84. The fraction of sp³-hybridized carbons (Fsp3) is 0.700. The second-order valence-corrected chi connectivity index (χ2v) is 3.75. The van der Waals surface area contributed by atoms with Crippen molar-refractivity contribution in [2.75, 3.05) is 0 Å². The van der Waals surface area contributed by atoms with E-state index in [0.717, 1.165) is 24.8 Å². The van der Waals surface area contributed by atoms with Crippen LogP contribution >= 0.6 is 0 Å². The van der Waals surface area contributed by atoms with Gasteiger partial charge < -0.3 is 5.32 Å². The van der Waals surface area contributed by atoms with Gasteiger partial charge in [-0.2, -0.15) is 5.10 Å². The van der Waals surface area contributed by atoms with Crippen LogP contribution in [-0.4, -0.2) is 15.8 Å². The predicted molar refractivity (Wildman–Crippen MR) is 52.5 cm³/mol. The fourth-order valence-electron chi connectivity index (χ4n) is 1.44. The van der Waals surface area contributed by atoms with Crippen molar-refractivity contribution in [2.24, 2.45) is 0 Å². The van der Waals surface area contributed by atoms with Crippen molar-refractivity contribution in [1.29, 1.82) is 0 Å². The predicted octanol–water partition coefficient (Wildman–Crippen LogP) is 1.46. The molecule has 0 aliphatic heterocycles. The quantitative estimate of drug-likeness (QED) is 0.758. The minimum atomic E-state index is 0.782. The zero-order chi connectivity index (χ0) is 9.26. The van der Waals surface area contributed by atoms with Gasteiger partial charge in [0.15, 0.2) is 0 Å². The van der Waals surface area contributed by atoms with Gasteiger partial charge in [0, 0.05) is 30.9 Å². The molecule has 0 atom stereocenters.